The predicted octanol–water partition coefficient (Wildman–Crippen LogP) is 0.525. The summed E-state index contributed by atoms with van der Waals surface area (Å²) >= 11 is 0. The molecule has 0 unspecified atom stereocenters. The maximum Gasteiger partial charge on any atom is 0.199 e. The van der Waals surface area contributed by atoms with Crippen molar-refractivity contribution < 1.29 is 4.74 Å². The molecule has 1 aromatic carbocycles. The van der Waals surface area contributed by atoms with E-state index in [4.69, 9.17) is 21.3 Å². The average Bonchev–Trinajstić information content (AvgIpc) is 2.17. The minimum absolute atomic E-state index is 0.0485. The van der Waals surface area contributed by atoms with Gasteiger partial charge in [0.05, 0.1) is 7.11 Å². The van der Waals surface area contributed by atoms with E-state index in [-0.39, 0.29) is 11.9 Å². The number of nitrogens with one attached hydrogen (secondary N) is 4. The van der Waals surface area contributed by atoms with E-state index in [0.29, 0.717) is 0 Å². The molecule has 0 aliphatic rings. The zero-order valence-corrected chi connectivity index (χ0v) is 8.29. The Hall–Kier alpha value is -2.24. The van der Waals surface area contributed by atoms with Gasteiger partial charge in [0.2, 0.25) is 0 Å². The first kappa shape index (κ1) is 10.8. The summed E-state index contributed by atoms with van der Waals surface area (Å²) in [6, 6.07) is 7.05. The minimum atomic E-state index is -0.277. The highest BCUT2D eigenvalue weighted by Gasteiger charge is 1.98. The molecular weight excluding hydrogens is 194 g/mol. The summed E-state index contributed by atoms with van der Waals surface area (Å²) in [4.78, 5) is 0. The van der Waals surface area contributed by atoms with Gasteiger partial charge in [0.25, 0.3) is 0 Å². The van der Waals surface area contributed by atoms with Gasteiger partial charge in [-0.2, -0.15) is 0 Å². The summed E-state index contributed by atoms with van der Waals surface area (Å²) in [7, 11) is 1.59. The van der Waals surface area contributed by atoms with Crippen LogP contribution in [0.1, 0.15) is 0 Å². The summed E-state index contributed by atoms with van der Waals surface area (Å²) < 4.78 is 4.99. The molecule has 0 heterocycles. The summed E-state index contributed by atoms with van der Waals surface area (Å²) in [5.41, 5.74) is 5.78. The zero-order valence-electron chi connectivity index (χ0n) is 8.29. The molecule has 6 N–H and O–H groups in total. The van der Waals surface area contributed by atoms with Gasteiger partial charge >= 0.3 is 0 Å². The number of hydrogen-bond acceptors (Lipinski definition) is 3. The molecule has 0 spiro atoms. The van der Waals surface area contributed by atoms with E-state index >= 15 is 0 Å². The predicted molar refractivity (Wildman–Crippen MR) is 59.4 cm³/mol. The number of nitrogens with two attached hydrogens (primary N) is 1. The van der Waals surface area contributed by atoms with Crippen molar-refractivity contribution in [1.29, 1.82) is 10.8 Å². The van der Waals surface area contributed by atoms with Crippen molar-refractivity contribution in [3.05, 3.63) is 24.3 Å². The highest BCUT2D eigenvalue weighted by molar-refractivity contribution is 6.02. The Morgan fingerprint density at radius 2 is 1.87 bits per heavy atom. The lowest BCUT2D eigenvalue weighted by Gasteiger charge is -2.08. The first-order valence-electron chi connectivity index (χ1n) is 4.22. The maximum absolute atomic E-state index is 7.38. The Morgan fingerprint density at radius 1 is 1.27 bits per heavy atom. The van der Waals surface area contributed by atoms with Gasteiger partial charge in [0, 0.05) is 5.69 Å². The van der Waals surface area contributed by atoms with Crippen LogP contribution in [0.15, 0.2) is 24.3 Å². The topological polar surface area (TPSA) is 107 Å². The number of guanidine groups is 2. The van der Waals surface area contributed by atoms with E-state index in [0.717, 1.165) is 11.4 Å². The van der Waals surface area contributed by atoms with E-state index < -0.39 is 0 Å². The normalized spacial score (nSPS) is 9.13. The van der Waals surface area contributed by atoms with Crippen LogP contribution < -0.4 is 21.1 Å². The van der Waals surface area contributed by atoms with Crippen LogP contribution in [-0.4, -0.2) is 19.0 Å². The molecule has 6 nitrogen and oxygen atoms in total. The monoisotopic (exact) mass is 207 g/mol. The van der Waals surface area contributed by atoms with Crippen LogP contribution in [0.3, 0.4) is 0 Å². The molecule has 0 aliphatic heterocycles. The van der Waals surface area contributed by atoms with Crippen LogP contribution >= 0.6 is 0 Å². The third-order valence-electron chi connectivity index (χ3n) is 1.62. The standard InChI is InChI=1S/C9H13N5O/c1-15-7-4-2-6(3-5-7)13-9(12)14-8(10)11/h2-5H,1H3,(H6,10,11,12,13,14). The Balaban J connectivity index is 2.57. The summed E-state index contributed by atoms with van der Waals surface area (Å²) in [5, 5.41) is 19.3. The van der Waals surface area contributed by atoms with Gasteiger partial charge in [-0.15, -0.1) is 0 Å². The van der Waals surface area contributed by atoms with Crippen LogP contribution in [0.25, 0.3) is 0 Å². The Kier molecular flexibility index (Phi) is 3.50. The third kappa shape index (κ3) is 3.55. The fourth-order valence-electron chi connectivity index (χ4n) is 0.985. The van der Waals surface area contributed by atoms with E-state index in [1.807, 2.05) is 0 Å². The fourth-order valence-corrected chi connectivity index (χ4v) is 0.985. The molecule has 0 saturated heterocycles. The van der Waals surface area contributed by atoms with Gasteiger partial charge in [-0.25, -0.2) is 0 Å². The second kappa shape index (κ2) is 4.85. The summed E-state index contributed by atoms with van der Waals surface area (Å²) in [6.07, 6.45) is 0. The minimum Gasteiger partial charge on any atom is -0.497 e. The molecule has 0 amide bonds. The van der Waals surface area contributed by atoms with Gasteiger partial charge in [-0.3, -0.25) is 16.1 Å². The van der Waals surface area contributed by atoms with Gasteiger partial charge < -0.3 is 15.8 Å². The third-order valence-corrected chi connectivity index (χ3v) is 1.62. The van der Waals surface area contributed by atoms with Crippen molar-refractivity contribution >= 4 is 17.6 Å². The number of hydrogen-bond donors (Lipinski definition) is 5. The number of anilines is 1. The molecule has 1 rings (SSSR count). The second-order valence-electron chi connectivity index (χ2n) is 2.77. The van der Waals surface area contributed by atoms with Crippen molar-refractivity contribution in [2.75, 3.05) is 12.4 Å². The number of rotatable bonds is 2. The molecule has 0 aliphatic carbocycles. The van der Waals surface area contributed by atoms with Gasteiger partial charge in [0.15, 0.2) is 11.9 Å². The van der Waals surface area contributed by atoms with Crippen LogP contribution in [-0.2, 0) is 0 Å². The van der Waals surface area contributed by atoms with Crippen molar-refractivity contribution in [3.63, 3.8) is 0 Å². The molecule has 0 radical (unpaired) electrons. The zero-order chi connectivity index (χ0) is 11.3. The van der Waals surface area contributed by atoms with E-state index in [2.05, 4.69) is 10.6 Å². The second-order valence-corrected chi connectivity index (χ2v) is 2.77. The van der Waals surface area contributed by atoms with E-state index in [1.54, 1.807) is 31.4 Å². The molecule has 1 aromatic rings. The lowest BCUT2D eigenvalue weighted by molar-refractivity contribution is 0.415. The van der Waals surface area contributed by atoms with Crippen molar-refractivity contribution in [2.45, 2.75) is 0 Å². The van der Waals surface area contributed by atoms with Gasteiger partial charge in [0.1, 0.15) is 5.75 Å². The van der Waals surface area contributed by atoms with Crippen molar-refractivity contribution in [2.24, 2.45) is 5.73 Å². The summed E-state index contributed by atoms with van der Waals surface area (Å²) in [5.74, 6) is 0.417. The van der Waals surface area contributed by atoms with Crippen LogP contribution in [0.4, 0.5) is 5.69 Å². The number of methoxy groups -OCH3 is 1. The Bertz CT molecular complexity index is 359. The van der Waals surface area contributed by atoms with Gasteiger partial charge in [-0.05, 0) is 24.3 Å². The molecule has 0 saturated carbocycles. The smallest absolute Gasteiger partial charge is 0.199 e. The molecular formula is C9H13N5O. The number of ether oxygens (including phenoxy) is 1. The largest absolute Gasteiger partial charge is 0.497 e. The maximum atomic E-state index is 7.38. The van der Waals surface area contributed by atoms with Crippen LogP contribution in [0.2, 0.25) is 0 Å². The quantitative estimate of drug-likeness (QED) is 0.360. The first-order chi connectivity index (χ1) is 7.11. The lowest BCUT2D eigenvalue weighted by Crippen LogP contribution is -2.39. The molecule has 0 atom stereocenters. The molecule has 0 fully saturated rings. The molecule has 0 aromatic heterocycles. The van der Waals surface area contributed by atoms with Gasteiger partial charge in [-0.1, -0.05) is 0 Å². The number of benzene rings is 1. The average molecular weight is 207 g/mol. The van der Waals surface area contributed by atoms with E-state index in [9.17, 15) is 0 Å². The molecule has 0 bridgehead atoms. The van der Waals surface area contributed by atoms with E-state index in [1.165, 1.54) is 0 Å². The SMILES string of the molecule is COc1ccc(NC(=N)NC(=N)N)cc1. The van der Waals surface area contributed by atoms with Crippen LogP contribution in [0.5, 0.6) is 5.75 Å². The first-order valence-corrected chi connectivity index (χ1v) is 4.22. The molecule has 6 heteroatoms. The van der Waals surface area contributed by atoms with Crippen molar-refractivity contribution in [1.82, 2.24) is 5.32 Å². The molecule has 80 valence electrons. The Morgan fingerprint density at radius 3 is 2.33 bits per heavy atom. The molecule has 15 heavy (non-hydrogen) atoms. The Labute approximate surface area is 87.5 Å². The van der Waals surface area contributed by atoms with Crippen LogP contribution in [0, 0.1) is 10.8 Å². The summed E-state index contributed by atoms with van der Waals surface area (Å²) in [6.45, 7) is 0. The fraction of sp³-hybridized carbons (Fsp3) is 0.111. The highest BCUT2D eigenvalue weighted by Crippen LogP contribution is 2.14. The van der Waals surface area contributed by atoms with Crippen molar-refractivity contribution in [3.8, 4) is 5.75 Å². The lowest BCUT2D eigenvalue weighted by atomic mass is 10.3. The highest BCUT2D eigenvalue weighted by atomic mass is 16.5.